The van der Waals surface area contributed by atoms with Crippen LogP contribution in [0, 0.1) is 0 Å². The highest BCUT2D eigenvalue weighted by Gasteiger charge is 2.25. The first-order valence-corrected chi connectivity index (χ1v) is 5.38. The Balaban J connectivity index is 3.01. The number of hydroxylamine groups is 2. The van der Waals surface area contributed by atoms with E-state index in [9.17, 15) is 20.2 Å². The maximum atomic E-state index is 12.0. The van der Waals surface area contributed by atoms with Crippen molar-refractivity contribution in [3.8, 4) is 11.5 Å². The predicted molar refractivity (Wildman–Crippen MR) is 62.3 cm³/mol. The largest absolute Gasteiger partial charge is 0.504 e. The van der Waals surface area contributed by atoms with Crippen LogP contribution in [-0.2, 0) is 0 Å². The molecule has 0 spiro atoms. The molecule has 1 aromatic rings. The minimum absolute atomic E-state index is 0.00259. The van der Waals surface area contributed by atoms with E-state index in [2.05, 4.69) is 0 Å². The average Bonchev–Trinajstić information content (AvgIpc) is 2.29. The number of phenols is 2. The molecule has 1 atom stereocenters. The fraction of sp³-hybridized carbons (Fsp3) is 0.417. The fourth-order valence-electron chi connectivity index (χ4n) is 1.52. The first kappa shape index (κ1) is 13.5. The van der Waals surface area contributed by atoms with Gasteiger partial charge >= 0.3 is 0 Å². The van der Waals surface area contributed by atoms with Gasteiger partial charge in [-0.05, 0) is 32.9 Å². The molecule has 0 fully saturated rings. The number of phenolic OH excluding ortho intramolecular Hbond substituents is 2. The van der Waals surface area contributed by atoms with Gasteiger partial charge in [-0.2, -0.15) is 5.06 Å². The average molecular weight is 239 g/mol. The highest BCUT2D eigenvalue weighted by molar-refractivity contribution is 6.02. The van der Waals surface area contributed by atoms with E-state index in [0.29, 0.717) is 0 Å². The van der Waals surface area contributed by atoms with Crippen LogP contribution in [0.2, 0.25) is 0 Å². The second-order valence-corrected chi connectivity index (χ2v) is 4.19. The molecule has 0 amide bonds. The van der Waals surface area contributed by atoms with Crippen LogP contribution in [0.25, 0.3) is 0 Å². The Bertz CT molecular complexity index is 417. The van der Waals surface area contributed by atoms with Crippen molar-refractivity contribution in [1.29, 1.82) is 0 Å². The summed E-state index contributed by atoms with van der Waals surface area (Å²) in [6, 6.07) is 3.15. The minimum Gasteiger partial charge on any atom is -0.504 e. The van der Waals surface area contributed by atoms with Crippen LogP contribution in [-0.4, -0.2) is 38.4 Å². The zero-order chi connectivity index (χ0) is 13.2. The molecule has 0 bridgehead atoms. The van der Waals surface area contributed by atoms with Crippen molar-refractivity contribution >= 4 is 5.78 Å². The van der Waals surface area contributed by atoms with E-state index in [1.54, 1.807) is 13.8 Å². The lowest BCUT2D eigenvalue weighted by Gasteiger charge is -2.25. The first-order chi connectivity index (χ1) is 7.86. The van der Waals surface area contributed by atoms with Crippen LogP contribution in [0.3, 0.4) is 0 Å². The van der Waals surface area contributed by atoms with Crippen molar-refractivity contribution in [3.63, 3.8) is 0 Å². The molecule has 0 aliphatic rings. The van der Waals surface area contributed by atoms with Crippen LogP contribution >= 0.6 is 0 Å². The van der Waals surface area contributed by atoms with Crippen LogP contribution in [0.1, 0.15) is 31.1 Å². The molecule has 0 radical (unpaired) electrons. The molecule has 0 aliphatic carbocycles. The topological polar surface area (TPSA) is 81.0 Å². The second kappa shape index (κ2) is 5.16. The smallest absolute Gasteiger partial charge is 0.185 e. The van der Waals surface area contributed by atoms with Crippen LogP contribution < -0.4 is 0 Å². The lowest BCUT2D eigenvalue weighted by molar-refractivity contribution is -0.134. The third-order valence-electron chi connectivity index (χ3n) is 2.59. The summed E-state index contributed by atoms with van der Waals surface area (Å²) in [5.74, 6) is -1.26. The Kier molecular flexibility index (Phi) is 4.09. The molecule has 17 heavy (non-hydrogen) atoms. The van der Waals surface area contributed by atoms with Crippen molar-refractivity contribution < 1.29 is 20.2 Å². The van der Waals surface area contributed by atoms with Crippen LogP contribution in [0.4, 0.5) is 0 Å². The van der Waals surface area contributed by atoms with Gasteiger partial charge in [-0.15, -0.1) is 0 Å². The van der Waals surface area contributed by atoms with Gasteiger partial charge in [-0.25, -0.2) is 0 Å². The van der Waals surface area contributed by atoms with Crippen LogP contribution in [0.15, 0.2) is 18.2 Å². The number of rotatable bonds is 4. The highest BCUT2D eigenvalue weighted by Crippen LogP contribution is 2.29. The summed E-state index contributed by atoms with van der Waals surface area (Å²) < 4.78 is 0. The van der Waals surface area contributed by atoms with E-state index in [1.807, 2.05) is 0 Å². The van der Waals surface area contributed by atoms with Gasteiger partial charge in [0.1, 0.15) is 0 Å². The van der Waals surface area contributed by atoms with E-state index in [1.165, 1.54) is 25.1 Å². The molecule has 3 N–H and O–H groups in total. The van der Waals surface area contributed by atoms with Crippen LogP contribution in [0.5, 0.6) is 11.5 Å². The number of hydrogen-bond acceptors (Lipinski definition) is 5. The third-order valence-corrected chi connectivity index (χ3v) is 2.59. The summed E-state index contributed by atoms with van der Waals surface area (Å²) in [5.41, 5.74) is -0.00259. The number of carbonyl (C=O) groups excluding carboxylic acids is 1. The summed E-state index contributed by atoms with van der Waals surface area (Å²) in [6.07, 6.45) is 0. The molecule has 0 saturated carbocycles. The van der Waals surface area contributed by atoms with Gasteiger partial charge in [0.15, 0.2) is 17.3 Å². The standard InChI is InChI=1S/C12H17NO4/c1-7(2)13(17)8(3)11(15)9-5-4-6-10(14)12(9)16/h4-8,14,16-17H,1-3H3. The second-order valence-electron chi connectivity index (χ2n) is 4.19. The quantitative estimate of drug-likeness (QED) is 0.424. The number of hydrogen-bond donors (Lipinski definition) is 3. The molecule has 1 rings (SSSR count). The first-order valence-electron chi connectivity index (χ1n) is 5.38. The number of para-hydroxylation sites is 1. The number of ketones is 1. The van der Waals surface area contributed by atoms with E-state index < -0.39 is 17.6 Å². The molecule has 0 aliphatic heterocycles. The van der Waals surface area contributed by atoms with Gasteiger partial charge < -0.3 is 15.4 Å². The minimum atomic E-state index is -0.789. The van der Waals surface area contributed by atoms with E-state index >= 15 is 0 Å². The van der Waals surface area contributed by atoms with Crippen molar-refractivity contribution in [2.75, 3.05) is 0 Å². The van der Waals surface area contributed by atoms with Gasteiger partial charge in [0, 0.05) is 6.04 Å². The maximum absolute atomic E-state index is 12.0. The lowest BCUT2D eigenvalue weighted by Crippen LogP contribution is -2.40. The molecular weight excluding hydrogens is 222 g/mol. The van der Waals surface area contributed by atoms with E-state index in [-0.39, 0.29) is 17.4 Å². The monoisotopic (exact) mass is 239 g/mol. The molecule has 0 heterocycles. The molecule has 94 valence electrons. The van der Waals surface area contributed by atoms with E-state index in [4.69, 9.17) is 0 Å². The number of nitrogens with zero attached hydrogens (tertiary/aromatic N) is 1. The fourth-order valence-corrected chi connectivity index (χ4v) is 1.52. The molecule has 0 aromatic heterocycles. The Morgan fingerprint density at radius 3 is 2.35 bits per heavy atom. The number of aromatic hydroxyl groups is 2. The summed E-state index contributed by atoms with van der Waals surface area (Å²) >= 11 is 0. The lowest BCUT2D eigenvalue weighted by atomic mass is 10.0. The normalized spacial score (nSPS) is 13.1. The van der Waals surface area contributed by atoms with Crippen molar-refractivity contribution in [1.82, 2.24) is 5.06 Å². The molecule has 5 heteroatoms. The van der Waals surface area contributed by atoms with Gasteiger partial charge in [0.2, 0.25) is 0 Å². The zero-order valence-electron chi connectivity index (χ0n) is 10.1. The van der Waals surface area contributed by atoms with Gasteiger partial charge in [-0.3, -0.25) is 4.79 Å². The number of Topliss-reactive ketones (excluding diaryl/α,β-unsaturated/α-hetero) is 1. The number of carbonyl (C=O) groups is 1. The molecular formula is C12H17NO4. The van der Waals surface area contributed by atoms with Gasteiger partial charge in [0.25, 0.3) is 0 Å². The third kappa shape index (κ3) is 2.75. The highest BCUT2D eigenvalue weighted by atomic mass is 16.5. The Hall–Kier alpha value is -1.59. The predicted octanol–water partition coefficient (Wildman–Crippen LogP) is 1.77. The zero-order valence-corrected chi connectivity index (χ0v) is 10.1. The molecule has 5 nitrogen and oxygen atoms in total. The summed E-state index contributed by atoms with van der Waals surface area (Å²) in [6.45, 7) is 5.02. The summed E-state index contributed by atoms with van der Waals surface area (Å²) in [5, 5.41) is 29.4. The summed E-state index contributed by atoms with van der Waals surface area (Å²) in [7, 11) is 0. The van der Waals surface area contributed by atoms with E-state index in [0.717, 1.165) is 5.06 Å². The van der Waals surface area contributed by atoms with Gasteiger partial charge in [-0.1, -0.05) is 6.07 Å². The van der Waals surface area contributed by atoms with Crippen molar-refractivity contribution in [3.05, 3.63) is 23.8 Å². The summed E-state index contributed by atoms with van der Waals surface area (Å²) in [4.78, 5) is 12.0. The Morgan fingerprint density at radius 1 is 1.24 bits per heavy atom. The molecule has 0 saturated heterocycles. The van der Waals surface area contributed by atoms with Crippen molar-refractivity contribution in [2.24, 2.45) is 0 Å². The maximum Gasteiger partial charge on any atom is 0.185 e. The van der Waals surface area contributed by atoms with Gasteiger partial charge in [0.05, 0.1) is 11.6 Å². The Labute approximate surface area is 99.9 Å². The molecule has 1 aromatic carbocycles. The SMILES string of the molecule is CC(C)N(O)C(C)C(=O)c1cccc(O)c1O. The Morgan fingerprint density at radius 2 is 1.82 bits per heavy atom. The molecule has 1 unspecified atom stereocenters. The van der Waals surface area contributed by atoms with Crippen molar-refractivity contribution in [2.45, 2.75) is 32.9 Å². The number of benzene rings is 1.